The van der Waals surface area contributed by atoms with Crippen molar-refractivity contribution < 1.29 is 23.9 Å². The smallest absolute Gasteiger partial charge is 0.280 e. The minimum Gasteiger partial charge on any atom is -0.455 e. The van der Waals surface area contributed by atoms with Gasteiger partial charge >= 0.3 is 0 Å². The molecule has 1 aliphatic rings. The summed E-state index contributed by atoms with van der Waals surface area (Å²) in [7, 11) is 0. The molecule has 0 spiro atoms. The molecule has 0 saturated carbocycles. The summed E-state index contributed by atoms with van der Waals surface area (Å²) in [5.41, 5.74) is -0.272. The summed E-state index contributed by atoms with van der Waals surface area (Å²) in [6, 6.07) is 20.1. The molecule has 3 aromatic carbocycles. The molecule has 4 rings (SSSR count). The Morgan fingerprint density at radius 1 is 1.09 bits per heavy atom. The van der Waals surface area contributed by atoms with Gasteiger partial charge in [0.15, 0.2) is 17.2 Å². The van der Waals surface area contributed by atoms with Gasteiger partial charge in [-0.15, -0.1) is 0 Å². The number of anilines is 1. The van der Waals surface area contributed by atoms with E-state index in [1.165, 1.54) is 12.1 Å². The highest BCUT2D eigenvalue weighted by molar-refractivity contribution is 6.10. The third-order valence-electron chi connectivity index (χ3n) is 4.49. The summed E-state index contributed by atoms with van der Waals surface area (Å²) in [5, 5.41) is 23.6. The Morgan fingerprint density at radius 2 is 1.78 bits per heavy atom. The number of carbonyl (C=O) groups is 1. The lowest BCUT2D eigenvalue weighted by Gasteiger charge is -2.12. The van der Waals surface area contributed by atoms with Gasteiger partial charge in [-0.05, 0) is 36.4 Å². The number of amides is 1. The molecule has 0 fully saturated rings. The Balaban J connectivity index is 1.62. The molecule has 3 aromatic rings. The summed E-state index contributed by atoms with van der Waals surface area (Å²) in [6.07, 6.45) is 1.14. The van der Waals surface area contributed by atoms with Crippen molar-refractivity contribution in [2.75, 3.05) is 12.1 Å². The Morgan fingerprint density at radius 3 is 2.50 bits per heavy atom. The Bertz CT molecular complexity index is 1260. The molecule has 9 heteroatoms. The number of nitrogens with zero attached hydrogens (tertiary/aromatic N) is 2. The van der Waals surface area contributed by atoms with E-state index in [9.17, 15) is 20.2 Å². The van der Waals surface area contributed by atoms with E-state index in [2.05, 4.69) is 5.32 Å². The number of nitrogens with one attached hydrogen (secondary N) is 1. The molecule has 0 unspecified atom stereocenters. The Kier molecular flexibility index (Phi) is 5.68. The second-order valence-electron chi connectivity index (χ2n) is 6.56. The topological polar surface area (TPSA) is 124 Å². The molecule has 1 amide bonds. The first kappa shape index (κ1) is 20.4. The number of carbonyl (C=O) groups excluding carboxylic acids is 1. The van der Waals surface area contributed by atoms with Crippen molar-refractivity contribution in [3.05, 3.63) is 88.0 Å². The predicted octanol–water partition coefficient (Wildman–Crippen LogP) is 4.66. The van der Waals surface area contributed by atoms with Crippen molar-refractivity contribution in [2.45, 2.75) is 0 Å². The van der Waals surface area contributed by atoms with Crippen LogP contribution in [0.1, 0.15) is 5.56 Å². The van der Waals surface area contributed by atoms with E-state index in [-0.39, 0.29) is 29.4 Å². The Labute approximate surface area is 182 Å². The van der Waals surface area contributed by atoms with E-state index in [0.29, 0.717) is 22.9 Å². The maximum Gasteiger partial charge on any atom is 0.280 e. The third kappa shape index (κ3) is 4.34. The summed E-state index contributed by atoms with van der Waals surface area (Å²) < 4.78 is 16.2. The van der Waals surface area contributed by atoms with Gasteiger partial charge < -0.3 is 19.5 Å². The first-order valence-electron chi connectivity index (χ1n) is 9.38. The second-order valence-corrected chi connectivity index (χ2v) is 6.56. The highest BCUT2D eigenvalue weighted by Gasteiger charge is 2.24. The molecule has 32 heavy (non-hydrogen) atoms. The van der Waals surface area contributed by atoms with Gasteiger partial charge in [0.2, 0.25) is 6.79 Å². The van der Waals surface area contributed by atoms with Gasteiger partial charge in [0.1, 0.15) is 17.4 Å². The molecule has 0 aliphatic carbocycles. The van der Waals surface area contributed by atoms with Crippen LogP contribution >= 0.6 is 0 Å². The minimum atomic E-state index is -0.747. The molecule has 0 bridgehead atoms. The van der Waals surface area contributed by atoms with Crippen molar-refractivity contribution in [1.29, 1.82) is 5.26 Å². The fraction of sp³-hybridized carbons (Fsp3) is 0.0435. The standard InChI is InChI=1S/C23H15N3O6/c24-13-16(10-15-11-21-22(31-14-30-21)12-19(15)26(28)29)23(27)25-18-8-4-5-9-20(18)32-17-6-2-1-3-7-17/h1-12H,14H2,(H,25,27)/b16-10+. The second kappa shape index (κ2) is 8.89. The summed E-state index contributed by atoms with van der Waals surface area (Å²) in [5.74, 6) is 0.716. The summed E-state index contributed by atoms with van der Waals surface area (Å²) in [6.45, 7) is -0.0660. The van der Waals surface area contributed by atoms with Crippen molar-refractivity contribution in [2.24, 2.45) is 0 Å². The maximum absolute atomic E-state index is 12.8. The summed E-state index contributed by atoms with van der Waals surface area (Å²) in [4.78, 5) is 23.6. The number of para-hydroxylation sites is 3. The molecule has 0 radical (unpaired) electrons. The van der Waals surface area contributed by atoms with E-state index >= 15 is 0 Å². The fourth-order valence-electron chi connectivity index (χ4n) is 2.99. The molecule has 0 atom stereocenters. The van der Waals surface area contributed by atoms with Gasteiger partial charge in [0, 0.05) is 0 Å². The minimum absolute atomic E-state index is 0.0415. The van der Waals surface area contributed by atoms with E-state index in [1.807, 2.05) is 18.2 Å². The molecule has 158 valence electrons. The van der Waals surface area contributed by atoms with Crippen LogP contribution in [0.3, 0.4) is 0 Å². The number of hydrogen-bond acceptors (Lipinski definition) is 7. The lowest BCUT2D eigenvalue weighted by molar-refractivity contribution is -0.385. The highest BCUT2D eigenvalue weighted by Crippen LogP contribution is 2.39. The van der Waals surface area contributed by atoms with Crippen LogP contribution in [-0.4, -0.2) is 17.6 Å². The van der Waals surface area contributed by atoms with Gasteiger partial charge in [0.05, 0.1) is 22.2 Å². The fourth-order valence-corrected chi connectivity index (χ4v) is 2.99. The summed E-state index contributed by atoms with van der Waals surface area (Å²) >= 11 is 0. The first-order chi connectivity index (χ1) is 15.5. The first-order valence-corrected chi connectivity index (χ1v) is 9.38. The average Bonchev–Trinajstić information content (AvgIpc) is 3.26. The van der Waals surface area contributed by atoms with Gasteiger partial charge in [0.25, 0.3) is 11.6 Å². The monoisotopic (exact) mass is 429 g/mol. The highest BCUT2D eigenvalue weighted by atomic mass is 16.7. The third-order valence-corrected chi connectivity index (χ3v) is 4.49. The zero-order valence-electron chi connectivity index (χ0n) is 16.5. The van der Waals surface area contributed by atoms with Crippen molar-refractivity contribution in [1.82, 2.24) is 0 Å². The Hall–Kier alpha value is -4.84. The van der Waals surface area contributed by atoms with Crippen LogP contribution in [0.25, 0.3) is 6.08 Å². The number of nitro groups is 1. The quantitative estimate of drug-likeness (QED) is 0.261. The van der Waals surface area contributed by atoms with Crippen LogP contribution < -0.4 is 19.5 Å². The predicted molar refractivity (Wildman–Crippen MR) is 114 cm³/mol. The van der Waals surface area contributed by atoms with Gasteiger partial charge in [-0.1, -0.05) is 30.3 Å². The largest absolute Gasteiger partial charge is 0.455 e. The van der Waals surface area contributed by atoms with Crippen molar-refractivity contribution >= 4 is 23.4 Å². The van der Waals surface area contributed by atoms with Crippen LogP contribution in [-0.2, 0) is 4.79 Å². The molecular formula is C23H15N3O6. The molecular weight excluding hydrogens is 414 g/mol. The van der Waals surface area contributed by atoms with E-state index in [4.69, 9.17) is 14.2 Å². The molecule has 0 aromatic heterocycles. The van der Waals surface area contributed by atoms with Gasteiger partial charge in [-0.2, -0.15) is 5.26 Å². The lowest BCUT2D eigenvalue weighted by atomic mass is 10.1. The number of ether oxygens (including phenoxy) is 3. The normalized spacial score (nSPS) is 12.0. The number of fused-ring (bicyclic) bond motifs is 1. The average molecular weight is 429 g/mol. The van der Waals surface area contributed by atoms with E-state index in [0.717, 1.165) is 6.08 Å². The molecule has 1 aliphatic heterocycles. The van der Waals surface area contributed by atoms with E-state index < -0.39 is 10.8 Å². The number of hydrogen-bond donors (Lipinski definition) is 1. The molecule has 9 nitrogen and oxygen atoms in total. The molecule has 0 saturated heterocycles. The van der Waals surface area contributed by atoms with Crippen molar-refractivity contribution in [3.8, 4) is 29.1 Å². The van der Waals surface area contributed by atoms with Crippen LogP contribution in [0, 0.1) is 21.4 Å². The number of nitro benzene ring substituents is 1. The van der Waals surface area contributed by atoms with Gasteiger partial charge in [-0.25, -0.2) is 0 Å². The van der Waals surface area contributed by atoms with Crippen molar-refractivity contribution in [3.63, 3.8) is 0 Å². The molecule has 1 N–H and O–H groups in total. The van der Waals surface area contributed by atoms with Crippen LogP contribution in [0.2, 0.25) is 0 Å². The SMILES string of the molecule is N#C/C(=C\c1cc2c(cc1[N+](=O)[O-])OCO2)C(=O)Nc1ccccc1Oc1ccccc1. The van der Waals surface area contributed by atoms with E-state index in [1.54, 1.807) is 42.5 Å². The number of nitriles is 1. The number of benzene rings is 3. The molecule has 1 heterocycles. The zero-order valence-corrected chi connectivity index (χ0v) is 16.5. The number of rotatable bonds is 6. The van der Waals surface area contributed by atoms with Crippen LogP contribution in [0.5, 0.6) is 23.0 Å². The zero-order chi connectivity index (χ0) is 22.5. The maximum atomic E-state index is 12.8. The van der Waals surface area contributed by atoms with Crippen LogP contribution in [0.4, 0.5) is 11.4 Å². The van der Waals surface area contributed by atoms with Crippen LogP contribution in [0.15, 0.2) is 72.3 Å². The lowest BCUT2D eigenvalue weighted by Crippen LogP contribution is -2.14. The van der Waals surface area contributed by atoms with Gasteiger partial charge in [-0.3, -0.25) is 14.9 Å².